The van der Waals surface area contributed by atoms with Crippen LogP contribution in [0.2, 0.25) is 0 Å². The number of hydrogen-bond acceptors (Lipinski definition) is 1. The van der Waals surface area contributed by atoms with Crippen molar-refractivity contribution < 1.29 is 4.74 Å². The summed E-state index contributed by atoms with van der Waals surface area (Å²) in [6.45, 7) is 10.1. The Bertz CT molecular complexity index is 127. The molecule has 0 amide bonds. The lowest BCUT2D eigenvalue weighted by atomic mass is 9.76. The van der Waals surface area contributed by atoms with E-state index in [9.17, 15) is 0 Å². The Kier molecular flexibility index (Phi) is 2.58. The van der Waals surface area contributed by atoms with E-state index >= 15 is 0 Å². The molecule has 1 fully saturated rings. The molecule has 0 N–H and O–H groups in total. The minimum Gasteiger partial charge on any atom is -0.377 e. The zero-order valence-electron chi connectivity index (χ0n) is 8.18. The fourth-order valence-electron chi connectivity index (χ4n) is 2.20. The number of hydrogen-bond donors (Lipinski definition) is 0. The molecule has 1 aliphatic rings. The lowest BCUT2D eigenvalue weighted by Crippen LogP contribution is -2.40. The van der Waals surface area contributed by atoms with Gasteiger partial charge in [0.15, 0.2) is 0 Å². The van der Waals surface area contributed by atoms with E-state index in [4.69, 9.17) is 4.74 Å². The molecule has 1 atom stereocenters. The van der Waals surface area contributed by atoms with E-state index in [1.54, 1.807) is 0 Å². The molecule has 1 heterocycles. The molecule has 11 heavy (non-hydrogen) atoms. The zero-order chi connectivity index (χ0) is 8.48. The second kappa shape index (κ2) is 3.14. The van der Waals surface area contributed by atoms with Gasteiger partial charge >= 0.3 is 0 Å². The highest BCUT2D eigenvalue weighted by molar-refractivity contribution is 4.84. The first-order valence-electron chi connectivity index (χ1n) is 4.65. The van der Waals surface area contributed by atoms with Gasteiger partial charge < -0.3 is 4.74 Å². The van der Waals surface area contributed by atoms with Gasteiger partial charge in [-0.15, -0.1) is 0 Å². The second-order valence-electron chi connectivity index (χ2n) is 4.63. The summed E-state index contributed by atoms with van der Waals surface area (Å²) in [4.78, 5) is 0. The summed E-state index contributed by atoms with van der Waals surface area (Å²) in [5, 5.41) is 0. The monoisotopic (exact) mass is 156 g/mol. The minimum absolute atomic E-state index is 0.395. The molecule has 1 unspecified atom stereocenters. The van der Waals surface area contributed by atoms with Gasteiger partial charge in [-0.3, -0.25) is 0 Å². The quantitative estimate of drug-likeness (QED) is 0.567. The van der Waals surface area contributed by atoms with E-state index < -0.39 is 0 Å². The van der Waals surface area contributed by atoms with Crippen LogP contribution in [-0.2, 0) is 4.74 Å². The Morgan fingerprint density at radius 2 is 2.00 bits per heavy atom. The molecular formula is C10H20O. The van der Waals surface area contributed by atoms with Crippen LogP contribution in [0.5, 0.6) is 0 Å². The van der Waals surface area contributed by atoms with Crippen molar-refractivity contribution in [2.45, 2.75) is 46.6 Å². The van der Waals surface area contributed by atoms with Gasteiger partial charge in [0, 0.05) is 6.61 Å². The van der Waals surface area contributed by atoms with Gasteiger partial charge in [-0.05, 0) is 24.2 Å². The molecule has 0 saturated carbocycles. The smallest absolute Gasteiger partial charge is 0.0648 e. The molecule has 0 aliphatic carbocycles. The van der Waals surface area contributed by atoms with E-state index in [0.717, 1.165) is 6.61 Å². The van der Waals surface area contributed by atoms with Crippen molar-refractivity contribution in [3.05, 3.63) is 0 Å². The molecule has 1 aliphatic heterocycles. The van der Waals surface area contributed by atoms with Crippen LogP contribution in [0.1, 0.15) is 40.5 Å². The first-order valence-corrected chi connectivity index (χ1v) is 4.65. The zero-order valence-corrected chi connectivity index (χ0v) is 8.18. The molecular weight excluding hydrogens is 136 g/mol. The van der Waals surface area contributed by atoms with E-state index in [-0.39, 0.29) is 0 Å². The largest absolute Gasteiger partial charge is 0.377 e. The van der Waals surface area contributed by atoms with Crippen LogP contribution in [-0.4, -0.2) is 12.7 Å². The van der Waals surface area contributed by atoms with Crippen LogP contribution in [0, 0.1) is 11.3 Å². The topological polar surface area (TPSA) is 9.23 Å². The lowest BCUT2D eigenvalue weighted by Gasteiger charge is -2.40. The van der Waals surface area contributed by atoms with Crippen LogP contribution in [0.25, 0.3) is 0 Å². The Morgan fingerprint density at radius 3 is 2.36 bits per heavy atom. The Hall–Kier alpha value is -0.0400. The van der Waals surface area contributed by atoms with Crippen molar-refractivity contribution in [1.82, 2.24) is 0 Å². The molecule has 1 saturated heterocycles. The Morgan fingerprint density at radius 1 is 1.36 bits per heavy atom. The van der Waals surface area contributed by atoms with Crippen LogP contribution in [0.3, 0.4) is 0 Å². The molecule has 0 spiro atoms. The first-order chi connectivity index (χ1) is 5.04. The van der Waals surface area contributed by atoms with Gasteiger partial charge in [-0.2, -0.15) is 0 Å². The number of rotatable bonds is 1. The van der Waals surface area contributed by atoms with Crippen LogP contribution < -0.4 is 0 Å². The average molecular weight is 156 g/mol. The maximum Gasteiger partial charge on any atom is 0.0648 e. The van der Waals surface area contributed by atoms with Crippen LogP contribution in [0.4, 0.5) is 0 Å². The Labute approximate surface area is 70.1 Å². The highest BCUT2D eigenvalue weighted by Crippen LogP contribution is 2.36. The predicted molar refractivity (Wildman–Crippen MR) is 47.6 cm³/mol. The molecule has 1 rings (SSSR count). The highest BCUT2D eigenvalue weighted by Gasteiger charge is 2.34. The molecule has 0 aromatic heterocycles. The van der Waals surface area contributed by atoms with Crippen LogP contribution >= 0.6 is 0 Å². The first kappa shape index (κ1) is 9.05. The summed E-state index contributed by atoms with van der Waals surface area (Å²) in [5.74, 6) is 0.658. The summed E-state index contributed by atoms with van der Waals surface area (Å²) in [5.41, 5.74) is 0.395. The predicted octanol–water partition coefficient (Wildman–Crippen LogP) is 2.85. The third-order valence-electron chi connectivity index (χ3n) is 2.64. The fourth-order valence-corrected chi connectivity index (χ4v) is 2.20. The van der Waals surface area contributed by atoms with Crippen molar-refractivity contribution in [3.63, 3.8) is 0 Å². The van der Waals surface area contributed by atoms with Crippen molar-refractivity contribution in [2.24, 2.45) is 11.3 Å². The van der Waals surface area contributed by atoms with Gasteiger partial charge in [0.05, 0.1) is 6.10 Å². The summed E-state index contributed by atoms with van der Waals surface area (Å²) < 4.78 is 5.75. The molecule has 0 bridgehead atoms. The van der Waals surface area contributed by atoms with Crippen molar-refractivity contribution in [1.29, 1.82) is 0 Å². The standard InChI is InChI=1S/C10H20O/c1-8(2)9-10(3,4)6-5-7-11-9/h8-9H,5-7H2,1-4H3. The van der Waals surface area contributed by atoms with Crippen molar-refractivity contribution in [2.75, 3.05) is 6.61 Å². The lowest BCUT2D eigenvalue weighted by molar-refractivity contribution is -0.0912. The molecule has 66 valence electrons. The van der Waals surface area contributed by atoms with E-state index in [2.05, 4.69) is 27.7 Å². The number of ether oxygens (including phenoxy) is 1. The third kappa shape index (κ3) is 1.96. The molecule has 0 aromatic rings. The Balaban J connectivity index is 2.60. The normalized spacial score (nSPS) is 30.8. The van der Waals surface area contributed by atoms with Gasteiger partial charge in [0.1, 0.15) is 0 Å². The van der Waals surface area contributed by atoms with E-state index in [1.807, 2.05) is 0 Å². The van der Waals surface area contributed by atoms with Gasteiger partial charge in [0.25, 0.3) is 0 Å². The second-order valence-corrected chi connectivity index (χ2v) is 4.63. The minimum atomic E-state index is 0.395. The van der Waals surface area contributed by atoms with Crippen molar-refractivity contribution in [3.8, 4) is 0 Å². The summed E-state index contributed by atoms with van der Waals surface area (Å²) in [6, 6.07) is 0. The SMILES string of the molecule is CC(C)C1OCCCC1(C)C. The maximum absolute atomic E-state index is 5.75. The van der Waals surface area contributed by atoms with Crippen molar-refractivity contribution >= 4 is 0 Å². The van der Waals surface area contributed by atoms with E-state index in [0.29, 0.717) is 17.4 Å². The summed E-state index contributed by atoms with van der Waals surface area (Å²) in [6.07, 6.45) is 3.02. The summed E-state index contributed by atoms with van der Waals surface area (Å²) >= 11 is 0. The fraction of sp³-hybridized carbons (Fsp3) is 1.00. The molecule has 1 heteroatoms. The van der Waals surface area contributed by atoms with Gasteiger partial charge in [-0.25, -0.2) is 0 Å². The van der Waals surface area contributed by atoms with Crippen LogP contribution in [0.15, 0.2) is 0 Å². The molecule has 1 nitrogen and oxygen atoms in total. The molecule has 0 radical (unpaired) electrons. The van der Waals surface area contributed by atoms with Gasteiger partial charge in [-0.1, -0.05) is 27.7 Å². The third-order valence-corrected chi connectivity index (χ3v) is 2.64. The van der Waals surface area contributed by atoms with E-state index in [1.165, 1.54) is 12.8 Å². The average Bonchev–Trinajstić information content (AvgIpc) is 1.85. The maximum atomic E-state index is 5.75. The highest BCUT2D eigenvalue weighted by atomic mass is 16.5. The van der Waals surface area contributed by atoms with Gasteiger partial charge in [0.2, 0.25) is 0 Å². The molecule has 0 aromatic carbocycles. The summed E-state index contributed by atoms with van der Waals surface area (Å²) in [7, 11) is 0.